The molecule has 3 nitrogen and oxygen atoms in total. The van der Waals surface area contributed by atoms with Crippen LogP contribution in [0.15, 0.2) is 52.9 Å². The molecule has 1 aromatic heterocycles. The maximum atomic E-state index is 6.12. The molecule has 1 atom stereocenters. The summed E-state index contributed by atoms with van der Waals surface area (Å²) in [6, 6.07) is 15.5. The highest BCUT2D eigenvalue weighted by molar-refractivity contribution is 6.30. The van der Waals surface area contributed by atoms with Crippen molar-refractivity contribution in [3.63, 3.8) is 0 Å². The van der Waals surface area contributed by atoms with Crippen LogP contribution in [0.3, 0.4) is 0 Å². The van der Waals surface area contributed by atoms with Gasteiger partial charge in [-0.25, -0.2) is 5.43 Å². The van der Waals surface area contributed by atoms with Crippen LogP contribution in [0.25, 0.3) is 11.0 Å². The number of hydrazine groups is 1. The first-order valence-corrected chi connectivity index (χ1v) is 6.77. The van der Waals surface area contributed by atoms with Gasteiger partial charge in [-0.1, -0.05) is 35.9 Å². The average molecular weight is 287 g/mol. The second-order valence-corrected chi connectivity index (χ2v) is 5.28. The molecule has 0 aliphatic heterocycles. The van der Waals surface area contributed by atoms with E-state index in [4.69, 9.17) is 21.9 Å². The molecule has 0 saturated heterocycles. The van der Waals surface area contributed by atoms with Crippen molar-refractivity contribution in [1.29, 1.82) is 0 Å². The zero-order chi connectivity index (χ0) is 14.1. The van der Waals surface area contributed by atoms with Crippen LogP contribution in [0.2, 0.25) is 5.02 Å². The first-order valence-electron chi connectivity index (χ1n) is 6.39. The standard InChI is InChI=1S/C16H15ClN2O/c1-10-6-12(8-13(17)7-10)16(19-18)15-9-11-4-2-3-5-14(11)20-15/h2-9,16,19H,18H2,1H3. The number of benzene rings is 2. The number of fused-ring (bicyclic) bond motifs is 1. The number of furan rings is 1. The van der Waals surface area contributed by atoms with Crippen LogP contribution in [0.4, 0.5) is 0 Å². The molecule has 3 N–H and O–H groups in total. The lowest BCUT2D eigenvalue weighted by molar-refractivity contribution is 0.477. The summed E-state index contributed by atoms with van der Waals surface area (Å²) in [7, 11) is 0. The Morgan fingerprint density at radius 3 is 2.65 bits per heavy atom. The number of nitrogens with one attached hydrogen (secondary N) is 1. The van der Waals surface area contributed by atoms with Gasteiger partial charge < -0.3 is 4.42 Å². The van der Waals surface area contributed by atoms with E-state index >= 15 is 0 Å². The first kappa shape index (κ1) is 13.2. The van der Waals surface area contributed by atoms with Gasteiger partial charge in [-0.05, 0) is 42.3 Å². The fraction of sp³-hybridized carbons (Fsp3) is 0.125. The molecule has 2 aromatic carbocycles. The van der Waals surface area contributed by atoms with Crippen molar-refractivity contribution in [1.82, 2.24) is 5.43 Å². The van der Waals surface area contributed by atoms with Crippen LogP contribution in [0.1, 0.15) is 22.9 Å². The van der Waals surface area contributed by atoms with Crippen molar-refractivity contribution in [2.24, 2.45) is 5.84 Å². The van der Waals surface area contributed by atoms with E-state index in [1.54, 1.807) is 0 Å². The molecule has 20 heavy (non-hydrogen) atoms. The largest absolute Gasteiger partial charge is 0.459 e. The van der Waals surface area contributed by atoms with Crippen LogP contribution < -0.4 is 11.3 Å². The van der Waals surface area contributed by atoms with Crippen molar-refractivity contribution in [3.8, 4) is 0 Å². The highest BCUT2D eigenvalue weighted by Crippen LogP contribution is 2.29. The average Bonchev–Trinajstić information content (AvgIpc) is 2.81. The molecular weight excluding hydrogens is 272 g/mol. The topological polar surface area (TPSA) is 51.2 Å². The van der Waals surface area contributed by atoms with Gasteiger partial charge in [0.25, 0.3) is 0 Å². The molecule has 0 spiro atoms. The minimum Gasteiger partial charge on any atom is -0.459 e. The molecule has 1 heterocycles. The van der Waals surface area contributed by atoms with Crippen molar-refractivity contribution in [2.75, 3.05) is 0 Å². The minimum atomic E-state index is -0.222. The Morgan fingerprint density at radius 2 is 1.95 bits per heavy atom. The van der Waals surface area contributed by atoms with Crippen LogP contribution in [0, 0.1) is 6.92 Å². The maximum Gasteiger partial charge on any atom is 0.134 e. The maximum absolute atomic E-state index is 6.12. The summed E-state index contributed by atoms with van der Waals surface area (Å²) < 4.78 is 5.87. The Hall–Kier alpha value is -1.81. The summed E-state index contributed by atoms with van der Waals surface area (Å²) >= 11 is 6.12. The molecule has 0 fully saturated rings. The first-order chi connectivity index (χ1) is 9.67. The van der Waals surface area contributed by atoms with Gasteiger partial charge in [0.1, 0.15) is 17.4 Å². The van der Waals surface area contributed by atoms with Gasteiger partial charge in [0.2, 0.25) is 0 Å². The molecule has 0 radical (unpaired) electrons. The third kappa shape index (κ3) is 2.43. The summed E-state index contributed by atoms with van der Waals surface area (Å²) in [6.07, 6.45) is 0. The second kappa shape index (κ2) is 5.29. The molecule has 1 unspecified atom stereocenters. The number of aryl methyl sites for hydroxylation is 1. The Balaban J connectivity index is 2.08. The van der Waals surface area contributed by atoms with Crippen LogP contribution >= 0.6 is 11.6 Å². The Bertz CT molecular complexity index is 698. The van der Waals surface area contributed by atoms with Gasteiger partial charge >= 0.3 is 0 Å². The van der Waals surface area contributed by atoms with Crippen LogP contribution in [0.5, 0.6) is 0 Å². The molecule has 0 saturated carbocycles. The van der Waals surface area contributed by atoms with Crippen molar-refractivity contribution in [3.05, 3.63) is 70.4 Å². The molecule has 0 amide bonds. The molecule has 3 aromatic rings. The minimum absolute atomic E-state index is 0.222. The molecule has 102 valence electrons. The number of nitrogens with two attached hydrogens (primary N) is 1. The van der Waals surface area contributed by atoms with Gasteiger partial charge in [-0.15, -0.1) is 0 Å². The van der Waals surface area contributed by atoms with E-state index in [1.165, 1.54) is 0 Å². The Morgan fingerprint density at radius 1 is 1.15 bits per heavy atom. The van der Waals surface area contributed by atoms with Gasteiger partial charge in [-0.3, -0.25) is 5.84 Å². The van der Waals surface area contributed by atoms with E-state index in [0.29, 0.717) is 5.02 Å². The zero-order valence-electron chi connectivity index (χ0n) is 11.1. The number of hydrogen-bond donors (Lipinski definition) is 2. The van der Waals surface area contributed by atoms with Gasteiger partial charge in [0.15, 0.2) is 0 Å². The summed E-state index contributed by atoms with van der Waals surface area (Å²) in [5.41, 5.74) is 5.72. The molecular formula is C16H15ClN2O. The monoisotopic (exact) mass is 286 g/mol. The zero-order valence-corrected chi connectivity index (χ0v) is 11.8. The van der Waals surface area contributed by atoms with Gasteiger partial charge in [0.05, 0.1) is 0 Å². The van der Waals surface area contributed by atoms with Crippen molar-refractivity contribution in [2.45, 2.75) is 13.0 Å². The Kier molecular flexibility index (Phi) is 3.49. The lowest BCUT2D eigenvalue weighted by Crippen LogP contribution is -2.28. The second-order valence-electron chi connectivity index (χ2n) is 4.85. The summed E-state index contributed by atoms with van der Waals surface area (Å²) in [5, 5.41) is 1.75. The fourth-order valence-electron chi connectivity index (χ4n) is 2.42. The van der Waals surface area contributed by atoms with Gasteiger partial charge in [-0.2, -0.15) is 0 Å². The molecule has 3 rings (SSSR count). The molecule has 0 aliphatic rings. The lowest BCUT2D eigenvalue weighted by Gasteiger charge is -2.14. The van der Waals surface area contributed by atoms with Crippen molar-refractivity contribution < 1.29 is 4.42 Å². The lowest BCUT2D eigenvalue weighted by atomic mass is 10.0. The SMILES string of the molecule is Cc1cc(Cl)cc(C(NN)c2cc3ccccc3o2)c1. The number of para-hydroxylation sites is 1. The van der Waals surface area contributed by atoms with E-state index in [2.05, 4.69) is 5.43 Å². The predicted molar refractivity (Wildman–Crippen MR) is 81.6 cm³/mol. The van der Waals surface area contributed by atoms with E-state index < -0.39 is 0 Å². The third-order valence-corrected chi connectivity index (χ3v) is 3.51. The summed E-state index contributed by atoms with van der Waals surface area (Å²) in [5.74, 6) is 6.48. The molecule has 0 aliphatic carbocycles. The molecule has 0 bridgehead atoms. The third-order valence-electron chi connectivity index (χ3n) is 3.29. The smallest absolute Gasteiger partial charge is 0.134 e. The van der Waals surface area contributed by atoms with Gasteiger partial charge in [0, 0.05) is 10.4 Å². The van der Waals surface area contributed by atoms with E-state index in [1.807, 2.05) is 55.5 Å². The summed E-state index contributed by atoms with van der Waals surface area (Å²) in [4.78, 5) is 0. The van der Waals surface area contributed by atoms with Crippen LogP contribution in [-0.4, -0.2) is 0 Å². The Labute approximate surface area is 122 Å². The fourth-order valence-corrected chi connectivity index (χ4v) is 2.72. The van der Waals surface area contributed by atoms with E-state index in [0.717, 1.165) is 27.9 Å². The molecule has 4 heteroatoms. The number of rotatable bonds is 3. The highest BCUT2D eigenvalue weighted by Gasteiger charge is 2.17. The highest BCUT2D eigenvalue weighted by atomic mass is 35.5. The number of halogens is 1. The van der Waals surface area contributed by atoms with E-state index in [-0.39, 0.29) is 6.04 Å². The number of hydrogen-bond acceptors (Lipinski definition) is 3. The summed E-state index contributed by atoms with van der Waals surface area (Å²) in [6.45, 7) is 2.00. The quantitative estimate of drug-likeness (QED) is 0.566. The van der Waals surface area contributed by atoms with Crippen molar-refractivity contribution >= 4 is 22.6 Å². The predicted octanol–water partition coefficient (Wildman–Crippen LogP) is 3.95. The van der Waals surface area contributed by atoms with Crippen LogP contribution in [-0.2, 0) is 0 Å². The normalized spacial score (nSPS) is 12.8. The van der Waals surface area contributed by atoms with E-state index in [9.17, 15) is 0 Å².